The van der Waals surface area contributed by atoms with Crippen molar-refractivity contribution in [2.75, 3.05) is 32.2 Å². The number of hydrogen-bond donors (Lipinski definition) is 3. The number of benzene rings is 2. The molecule has 1 aliphatic heterocycles. The van der Waals surface area contributed by atoms with Gasteiger partial charge in [-0.2, -0.15) is 5.10 Å². The molecule has 2 aromatic carbocycles. The molecule has 0 unspecified atom stereocenters. The average molecular weight is 489 g/mol. The Kier molecular flexibility index (Phi) is 9.24. The molecule has 3 N–H and O–H groups in total. The van der Waals surface area contributed by atoms with E-state index in [1.165, 1.54) is 13.3 Å². The molecule has 0 aliphatic carbocycles. The molecule has 1 aliphatic rings. The average Bonchev–Trinajstić information content (AvgIpc) is 3.36. The molecule has 34 heavy (non-hydrogen) atoms. The molecule has 1 saturated heterocycles. The van der Waals surface area contributed by atoms with Gasteiger partial charge in [-0.15, -0.1) is 0 Å². The third kappa shape index (κ3) is 7.46. The Hall–Kier alpha value is -3.63. The maximum atomic E-state index is 12.1. The summed E-state index contributed by atoms with van der Waals surface area (Å²) in [6.07, 6.45) is 3.09. The number of para-hydroxylation sites is 1. The standard InChI is InChI=1S/C23H25ClN4O6/c1-32-20-11-15(12-26-28-23(31)22(30)25-13-16-5-4-10-33-16)8-9-19(20)34-14-21(29)27-18-7-3-2-6-17(18)24/h2-3,6-9,11-12,16H,4-5,10,13-14H2,1H3,(H,25,30)(H,27,29)(H,28,31)/b26-12-/t16-/m1/s1. The Morgan fingerprint density at radius 3 is 2.74 bits per heavy atom. The lowest BCUT2D eigenvalue weighted by Crippen LogP contribution is -2.41. The van der Waals surface area contributed by atoms with Gasteiger partial charge in [-0.3, -0.25) is 14.4 Å². The maximum absolute atomic E-state index is 12.1. The lowest BCUT2D eigenvalue weighted by Gasteiger charge is -2.12. The van der Waals surface area contributed by atoms with E-state index in [0.717, 1.165) is 12.8 Å². The molecule has 0 radical (unpaired) electrons. The van der Waals surface area contributed by atoms with Crippen molar-refractivity contribution >= 4 is 41.2 Å². The van der Waals surface area contributed by atoms with Crippen LogP contribution in [0.3, 0.4) is 0 Å². The van der Waals surface area contributed by atoms with Crippen molar-refractivity contribution in [2.24, 2.45) is 5.10 Å². The highest BCUT2D eigenvalue weighted by molar-refractivity contribution is 6.35. The summed E-state index contributed by atoms with van der Waals surface area (Å²) >= 11 is 6.03. The Labute approximate surface area is 201 Å². The van der Waals surface area contributed by atoms with Gasteiger partial charge in [0.05, 0.1) is 30.1 Å². The van der Waals surface area contributed by atoms with E-state index in [0.29, 0.717) is 34.4 Å². The smallest absolute Gasteiger partial charge is 0.329 e. The van der Waals surface area contributed by atoms with Gasteiger partial charge in [0.25, 0.3) is 5.91 Å². The molecule has 0 spiro atoms. The number of hydrogen-bond acceptors (Lipinski definition) is 7. The van der Waals surface area contributed by atoms with Gasteiger partial charge in [0.15, 0.2) is 18.1 Å². The van der Waals surface area contributed by atoms with Crippen LogP contribution in [0, 0.1) is 0 Å². The lowest BCUT2D eigenvalue weighted by atomic mass is 10.2. The molecule has 3 amide bonds. The fourth-order valence-corrected chi connectivity index (χ4v) is 3.27. The first-order valence-corrected chi connectivity index (χ1v) is 10.9. The molecule has 1 fully saturated rings. The summed E-state index contributed by atoms with van der Waals surface area (Å²) in [5.74, 6) is -1.36. The van der Waals surface area contributed by atoms with Gasteiger partial charge in [-0.05, 0) is 48.7 Å². The molecular formula is C23H25ClN4O6. The number of anilines is 1. The third-order valence-corrected chi connectivity index (χ3v) is 5.12. The van der Waals surface area contributed by atoms with Gasteiger partial charge < -0.3 is 24.8 Å². The summed E-state index contributed by atoms with van der Waals surface area (Å²) in [5.41, 5.74) is 3.23. The van der Waals surface area contributed by atoms with E-state index in [-0.39, 0.29) is 25.2 Å². The van der Waals surface area contributed by atoms with Gasteiger partial charge in [0.1, 0.15) is 0 Å². The zero-order valence-electron chi connectivity index (χ0n) is 18.5. The number of amides is 3. The van der Waals surface area contributed by atoms with E-state index in [2.05, 4.69) is 21.2 Å². The minimum absolute atomic E-state index is 0.0596. The van der Waals surface area contributed by atoms with E-state index in [1.807, 2.05) is 0 Å². The number of ether oxygens (including phenoxy) is 3. The monoisotopic (exact) mass is 488 g/mol. The van der Waals surface area contributed by atoms with Crippen molar-refractivity contribution in [1.82, 2.24) is 10.7 Å². The fourth-order valence-electron chi connectivity index (χ4n) is 3.08. The topological polar surface area (TPSA) is 127 Å². The fraction of sp³-hybridized carbons (Fsp3) is 0.304. The molecule has 0 bridgehead atoms. The van der Waals surface area contributed by atoms with Gasteiger partial charge >= 0.3 is 11.8 Å². The highest BCUT2D eigenvalue weighted by Crippen LogP contribution is 2.27. The second-order valence-corrected chi connectivity index (χ2v) is 7.68. The molecule has 1 heterocycles. The van der Waals surface area contributed by atoms with Crippen LogP contribution >= 0.6 is 11.6 Å². The van der Waals surface area contributed by atoms with Crippen molar-refractivity contribution < 1.29 is 28.6 Å². The molecule has 0 aromatic heterocycles. The van der Waals surface area contributed by atoms with Crippen LogP contribution in [-0.2, 0) is 19.1 Å². The predicted octanol–water partition coefficient (Wildman–Crippen LogP) is 2.11. The molecular weight excluding hydrogens is 464 g/mol. The number of methoxy groups -OCH3 is 1. The Morgan fingerprint density at radius 2 is 2.00 bits per heavy atom. The number of hydrazone groups is 1. The van der Waals surface area contributed by atoms with Crippen LogP contribution in [0.25, 0.3) is 0 Å². The minimum atomic E-state index is -0.884. The summed E-state index contributed by atoms with van der Waals surface area (Å²) in [5, 5.41) is 9.39. The normalized spacial score (nSPS) is 15.1. The van der Waals surface area contributed by atoms with Gasteiger partial charge in [0, 0.05) is 13.2 Å². The maximum Gasteiger partial charge on any atom is 0.329 e. The number of nitrogens with zero attached hydrogens (tertiary/aromatic N) is 1. The Balaban J connectivity index is 1.48. The first-order valence-electron chi connectivity index (χ1n) is 10.5. The Bertz CT molecular complexity index is 1060. The number of carbonyl (C=O) groups is 3. The summed E-state index contributed by atoms with van der Waals surface area (Å²) in [7, 11) is 1.45. The first kappa shape index (κ1) is 25.0. The molecule has 1 atom stereocenters. The van der Waals surface area contributed by atoms with Crippen LogP contribution in [0.15, 0.2) is 47.6 Å². The van der Waals surface area contributed by atoms with Crippen LogP contribution in [0.2, 0.25) is 5.02 Å². The van der Waals surface area contributed by atoms with Crippen LogP contribution in [0.1, 0.15) is 18.4 Å². The van der Waals surface area contributed by atoms with Gasteiger partial charge in [-0.25, -0.2) is 5.43 Å². The van der Waals surface area contributed by atoms with E-state index in [1.54, 1.807) is 42.5 Å². The molecule has 2 aromatic rings. The number of nitrogens with one attached hydrogen (secondary N) is 3. The van der Waals surface area contributed by atoms with E-state index < -0.39 is 11.8 Å². The lowest BCUT2D eigenvalue weighted by molar-refractivity contribution is -0.139. The van der Waals surface area contributed by atoms with Crippen LogP contribution in [0.5, 0.6) is 11.5 Å². The molecule has 0 saturated carbocycles. The van der Waals surface area contributed by atoms with Gasteiger partial charge in [0.2, 0.25) is 0 Å². The van der Waals surface area contributed by atoms with E-state index >= 15 is 0 Å². The zero-order valence-corrected chi connectivity index (χ0v) is 19.3. The second-order valence-electron chi connectivity index (χ2n) is 7.27. The summed E-state index contributed by atoms with van der Waals surface area (Å²) in [6, 6.07) is 11.7. The van der Waals surface area contributed by atoms with E-state index in [4.69, 9.17) is 25.8 Å². The van der Waals surface area contributed by atoms with Crippen LogP contribution < -0.4 is 25.5 Å². The van der Waals surface area contributed by atoms with Crippen LogP contribution in [0.4, 0.5) is 5.69 Å². The predicted molar refractivity (Wildman–Crippen MR) is 126 cm³/mol. The van der Waals surface area contributed by atoms with Crippen molar-refractivity contribution in [1.29, 1.82) is 0 Å². The quantitative estimate of drug-likeness (QED) is 0.282. The highest BCUT2D eigenvalue weighted by Gasteiger charge is 2.19. The summed E-state index contributed by atoms with van der Waals surface area (Å²) in [4.78, 5) is 35.8. The largest absolute Gasteiger partial charge is 0.493 e. The molecule has 11 heteroatoms. The third-order valence-electron chi connectivity index (χ3n) is 4.79. The van der Waals surface area contributed by atoms with Gasteiger partial charge in [-0.1, -0.05) is 23.7 Å². The van der Waals surface area contributed by atoms with Crippen molar-refractivity contribution in [3.05, 3.63) is 53.1 Å². The van der Waals surface area contributed by atoms with Crippen molar-refractivity contribution in [3.8, 4) is 11.5 Å². The van der Waals surface area contributed by atoms with E-state index in [9.17, 15) is 14.4 Å². The SMILES string of the molecule is COc1cc(/C=N\NC(=O)C(=O)NC[C@H]2CCCO2)ccc1OCC(=O)Nc1ccccc1Cl. The number of halogens is 1. The van der Waals surface area contributed by atoms with Crippen molar-refractivity contribution in [2.45, 2.75) is 18.9 Å². The minimum Gasteiger partial charge on any atom is -0.493 e. The van der Waals surface area contributed by atoms with Crippen LogP contribution in [-0.4, -0.2) is 56.9 Å². The first-order chi connectivity index (χ1) is 16.5. The molecule has 10 nitrogen and oxygen atoms in total. The number of carbonyl (C=O) groups excluding carboxylic acids is 3. The highest BCUT2D eigenvalue weighted by atomic mass is 35.5. The Morgan fingerprint density at radius 1 is 1.18 bits per heavy atom. The summed E-state index contributed by atoms with van der Waals surface area (Å²) < 4.78 is 16.2. The second kappa shape index (κ2) is 12.6. The molecule has 3 rings (SSSR count). The zero-order chi connectivity index (χ0) is 24.3. The number of rotatable bonds is 9. The summed E-state index contributed by atoms with van der Waals surface area (Å²) in [6.45, 7) is 0.692. The molecule has 180 valence electrons. The van der Waals surface area contributed by atoms with Crippen molar-refractivity contribution in [3.63, 3.8) is 0 Å².